The fourth-order valence-corrected chi connectivity index (χ4v) is 3.40. The molecular formula is C20H39N7O. The first kappa shape index (κ1) is 22.6. The van der Waals surface area contributed by atoms with Crippen molar-refractivity contribution in [3.63, 3.8) is 0 Å². The number of aryl methyl sites for hydroxylation is 1. The third-order valence-electron chi connectivity index (χ3n) is 5.37. The third-order valence-corrected chi connectivity index (χ3v) is 5.37. The van der Waals surface area contributed by atoms with E-state index in [9.17, 15) is 0 Å². The lowest BCUT2D eigenvalue weighted by molar-refractivity contribution is 0.129. The van der Waals surface area contributed by atoms with Gasteiger partial charge in [-0.1, -0.05) is 20.3 Å². The van der Waals surface area contributed by atoms with Gasteiger partial charge in [0, 0.05) is 39.4 Å². The molecule has 0 amide bonds. The Morgan fingerprint density at radius 1 is 1.21 bits per heavy atom. The Bertz CT molecular complexity index is 587. The van der Waals surface area contributed by atoms with Crippen molar-refractivity contribution in [2.75, 3.05) is 39.4 Å². The maximum Gasteiger partial charge on any atom is 0.191 e. The predicted octanol–water partition coefficient (Wildman–Crippen LogP) is 1.85. The molecule has 1 fully saturated rings. The van der Waals surface area contributed by atoms with Gasteiger partial charge >= 0.3 is 0 Å². The molecule has 0 aromatic carbocycles. The van der Waals surface area contributed by atoms with Crippen LogP contribution in [-0.4, -0.2) is 71.1 Å². The molecule has 2 N–H and O–H groups in total. The van der Waals surface area contributed by atoms with E-state index < -0.39 is 0 Å². The van der Waals surface area contributed by atoms with Gasteiger partial charge in [-0.15, -0.1) is 10.2 Å². The van der Waals surface area contributed by atoms with E-state index in [-0.39, 0.29) is 0 Å². The number of nitrogens with zero attached hydrogens (tertiary/aromatic N) is 5. The number of rotatable bonds is 12. The summed E-state index contributed by atoms with van der Waals surface area (Å²) in [6.07, 6.45) is 5.82. The van der Waals surface area contributed by atoms with E-state index in [1.807, 2.05) is 18.5 Å². The topological polar surface area (TPSA) is 79.6 Å². The maximum atomic E-state index is 5.64. The summed E-state index contributed by atoms with van der Waals surface area (Å²) in [5.41, 5.74) is 0. The van der Waals surface area contributed by atoms with E-state index in [0.29, 0.717) is 12.6 Å². The first-order valence-corrected chi connectivity index (χ1v) is 10.8. The van der Waals surface area contributed by atoms with Crippen LogP contribution < -0.4 is 10.6 Å². The van der Waals surface area contributed by atoms with Crippen molar-refractivity contribution in [1.29, 1.82) is 0 Å². The third kappa shape index (κ3) is 7.39. The number of hydrogen-bond donors (Lipinski definition) is 2. The average Bonchev–Trinajstić information content (AvgIpc) is 3.29. The fraction of sp³-hybridized carbons (Fsp3) is 0.850. The first-order chi connectivity index (χ1) is 13.7. The molecule has 1 aliphatic rings. The molecule has 1 saturated heterocycles. The largest absolute Gasteiger partial charge is 0.381 e. The first-order valence-electron chi connectivity index (χ1n) is 10.8. The van der Waals surface area contributed by atoms with Crippen molar-refractivity contribution < 1.29 is 4.74 Å². The zero-order valence-electron chi connectivity index (χ0n) is 18.2. The number of ether oxygens (including phenoxy) is 1. The number of aliphatic imine (C=N–C) groups is 1. The number of hydrogen-bond acceptors (Lipinski definition) is 5. The molecule has 1 atom stereocenters. The molecule has 160 valence electrons. The highest BCUT2D eigenvalue weighted by Crippen LogP contribution is 2.15. The molecule has 2 rings (SSSR count). The quantitative estimate of drug-likeness (QED) is 0.321. The SMILES string of the molecule is CCCCOCCCNC(=NCc1nnc(C)n1C)NCC1CCCN1CC. The lowest BCUT2D eigenvalue weighted by Crippen LogP contribution is -2.45. The summed E-state index contributed by atoms with van der Waals surface area (Å²) >= 11 is 0. The van der Waals surface area contributed by atoms with Gasteiger partial charge in [-0.05, 0) is 45.7 Å². The molecule has 1 aliphatic heterocycles. The minimum Gasteiger partial charge on any atom is -0.381 e. The number of guanidine groups is 1. The minimum absolute atomic E-state index is 0.516. The molecule has 2 heterocycles. The van der Waals surface area contributed by atoms with Gasteiger partial charge in [0.05, 0.1) is 0 Å². The number of unbranched alkanes of at least 4 members (excludes halogenated alkanes) is 1. The van der Waals surface area contributed by atoms with Crippen molar-refractivity contribution in [3.05, 3.63) is 11.6 Å². The normalized spacial score (nSPS) is 18.0. The highest BCUT2D eigenvalue weighted by Gasteiger charge is 2.22. The molecule has 1 unspecified atom stereocenters. The molecule has 0 bridgehead atoms. The molecule has 0 aliphatic carbocycles. The van der Waals surface area contributed by atoms with E-state index in [1.165, 1.54) is 25.8 Å². The number of nitrogens with one attached hydrogen (secondary N) is 2. The Morgan fingerprint density at radius 2 is 2.04 bits per heavy atom. The van der Waals surface area contributed by atoms with Crippen LogP contribution in [0.25, 0.3) is 0 Å². The summed E-state index contributed by atoms with van der Waals surface area (Å²) in [6, 6.07) is 0.589. The van der Waals surface area contributed by atoms with Gasteiger partial charge in [0.25, 0.3) is 0 Å². The van der Waals surface area contributed by atoms with Crippen molar-refractivity contribution in [1.82, 2.24) is 30.3 Å². The Hall–Kier alpha value is -1.67. The van der Waals surface area contributed by atoms with Crippen LogP contribution in [0.3, 0.4) is 0 Å². The maximum absolute atomic E-state index is 5.64. The standard InChI is InChI=1S/C20H39N7O/c1-5-7-13-28-14-9-11-21-20(22-15-18-10-8-12-27(18)6-2)23-16-19-25-24-17(3)26(19)4/h18H,5-16H2,1-4H3,(H2,21,22,23). The average molecular weight is 394 g/mol. The number of aromatic nitrogens is 3. The van der Waals surface area contributed by atoms with Gasteiger partial charge in [0.15, 0.2) is 11.8 Å². The Kier molecular flexibility index (Phi) is 10.3. The van der Waals surface area contributed by atoms with Gasteiger partial charge < -0.3 is 19.9 Å². The van der Waals surface area contributed by atoms with Crippen molar-refractivity contribution in [2.24, 2.45) is 12.0 Å². The highest BCUT2D eigenvalue weighted by molar-refractivity contribution is 5.79. The molecule has 1 aromatic heterocycles. The Labute approximate surface area is 170 Å². The second-order valence-electron chi connectivity index (χ2n) is 7.44. The van der Waals surface area contributed by atoms with Crippen LogP contribution in [0.2, 0.25) is 0 Å². The van der Waals surface area contributed by atoms with Crippen LogP contribution in [0, 0.1) is 6.92 Å². The van der Waals surface area contributed by atoms with Crippen molar-refractivity contribution >= 4 is 5.96 Å². The monoisotopic (exact) mass is 393 g/mol. The van der Waals surface area contributed by atoms with Crippen LogP contribution in [0.1, 0.15) is 57.6 Å². The molecule has 0 radical (unpaired) electrons. The summed E-state index contributed by atoms with van der Waals surface area (Å²) in [5, 5.41) is 15.3. The zero-order chi connectivity index (χ0) is 20.2. The van der Waals surface area contributed by atoms with E-state index >= 15 is 0 Å². The van der Waals surface area contributed by atoms with E-state index in [0.717, 1.165) is 63.3 Å². The molecule has 0 saturated carbocycles. The van der Waals surface area contributed by atoms with E-state index in [2.05, 4.69) is 39.6 Å². The van der Waals surface area contributed by atoms with Gasteiger partial charge in [0.2, 0.25) is 0 Å². The van der Waals surface area contributed by atoms with Gasteiger partial charge in [-0.3, -0.25) is 4.90 Å². The summed E-state index contributed by atoms with van der Waals surface area (Å²) in [4.78, 5) is 7.28. The molecular weight excluding hydrogens is 354 g/mol. The molecule has 8 nitrogen and oxygen atoms in total. The van der Waals surface area contributed by atoms with E-state index in [4.69, 9.17) is 9.73 Å². The summed E-state index contributed by atoms with van der Waals surface area (Å²) < 4.78 is 7.63. The van der Waals surface area contributed by atoms with Gasteiger partial charge in [0.1, 0.15) is 12.4 Å². The summed E-state index contributed by atoms with van der Waals surface area (Å²) in [7, 11) is 1.98. The van der Waals surface area contributed by atoms with E-state index in [1.54, 1.807) is 0 Å². The summed E-state index contributed by atoms with van der Waals surface area (Å²) in [6.45, 7) is 12.6. The number of likely N-dealkylation sites (N-methyl/N-ethyl adjacent to an activating group) is 1. The zero-order valence-corrected chi connectivity index (χ0v) is 18.2. The number of likely N-dealkylation sites (tertiary alicyclic amines) is 1. The van der Waals surface area contributed by atoms with Crippen LogP contribution in [-0.2, 0) is 18.3 Å². The fourth-order valence-electron chi connectivity index (χ4n) is 3.40. The smallest absolute Gasteiger partial charge is 0.191 e. The highest BCUT2D eigenvalue weighted by atomic mass is 16.5. The second kappa shape index (κ2) is 12.7. The lowest BCUT2D eigenvalue weighted by atomic mass is 10.2. The molecule has 0 spiro atoms. The Balaban J connectivity index is 1.83. The van der Waals surface area contributed by atoms with Crippen molar-refractivity contribution in [3.8, 4) is 0 Å². The molecule has 8 heteroatoms. The van der Waals surface area contributed by atoms with Crippen LogP contribution >= 0.6 is 0 Å². The second-order valence-corrected chi connectivity index (χ2v) is 7.44. The van der Waals surface area contributed by atoms with Crippen molar-refractivity contribution in [2.45, 2.75) is 65.5 Å². The Morgan fingerprint density at radius 3 is 2.75 bits per heavy atom. The molecule has 28 heavy (non-hydrogen) atoms. The summed E-state index contributed by atoms with van der Waals surface area (Å²) in [5.74, 6) is 2.62. The van der Waals surface area contributed by atoms with Crippen LogP contribution in [0.15, 0.2) is 4.99 Å². The van der Waals surface area contributed by atoms with Gasteiger partial charge in [-0.2, -0.15) is 0 Å². The predicted molar refractivity (Wildman–Crippen MR) is 113 cm³/mol. The lowest BCUT2D eigenvalue weighted by Gasteiger charge is -2.24. The minimum atomic E-state index is 0.516. The molecule has 1 aromatic rings. The van der Waals surface area contributed by atoms with Gasteiger partial charge in [-0.25, -0.2) is 4.99 Å². The van der Waals surface area contributed by atoms with Crippen LogP contribution in [0.5, 0.6) is 0 Å². The van der Waals surface area contributed by atoms with Crippen LogP contribution in [0.4, 0.5) is 0 Å².